The molecular formula is C27H27NO5. The summed E-state index contributed by atoms with van der Waals surface area (Å²) in [5.74, 6) is 0. The summed E-state index contributed by atoms with van der Waals surface area (Å²) in [5, 5.41) is 11.3. The Labute approximate surface area is 193 Å². The van der Waals surface area contributed by atoms with E-state index in [1.807, 2.05) is 91.0 Å². The van der Waals surface area contributed by atoms with Gasteiger partial charge in [0.15, 0.2) is 12.6 Å². The molecule has 6 atom stereocenters. The van der Waals surface area contributed by atoms with Crippen molar-refractivity contribution >= 4 is 6.21 Å². The van der Waals surface area contributed by atoms with E-state index in [0.29, 0.717) is 13.2 Å². The van der Waals surface area contributed by atoms with Crippen molar-refractivity contribution in [2.45, 2.75) is 43.5 Å². The van der Waals surface area contributed by atoms with Gasteiger partial charge in [-0.3, -0.25) is 4.99 Å². The van der Waals surface area contributed by atoms with Crippen LogP contribution in [-0.2, 0) is 25.6 Å². The summed E-state index contributed by atoms with van der Waals surface area (Å²) in [6.07, 6.45) is -1.51. The topological polar surface area (TPSA) is 69.5 Å². The first-order valence-corrected chi connectivity index (χ1v) is 11.2. The first-order valence-electron chi connectivity index (χ1n) is 11.2. The number of fused-ring (bicyclic) bond motifs is 1. The van der Waals surface area contributed by atoms with Crippen molar-refractivity contribution in [3.05, 3.63) is 108 Å². The Morgan fingerprint density at radius 3 is 2.27 bits per heavy atom. The molecule has 0 aromatic heterocycles. The molecule has 2 saturated heterocycles. The summed E-state index contributed by atoms with van der Waals surface area (Å²) in [6.45, 7) is 0.642. The fourth-order valence-electron chi connectivity index (χ4n) is 4.12. The van der Waals surface area contributed by atoms with Crippen LogP contribution in [-0.4, -0.2) is 48.6 Å². The zero-order valence-corrected chi connectivity index (χ0v) is 18.1. The maximum Gasteiger partial charge on any atom is 0.184 e. The van der Waals surface area contributed by atoms with Crippen molar-refractivity contribution in [1.82, 2.24) is 0 Å². The third kappa shape index (κ3) is 5.21. The smallest absolute Gasteiger partial charge is 0.184 e. The van der Waals surface area contributed by atoms with Crippen molar-refractivity contribution in [2.75, 3.05) is 6.61 Å². The molecule has 1 N–H and O–H groups in total. The molecule has 5 rings (SSSR count). The SMILES string of the molecule is O[C@@H]1[C@@H](N=Cc2ccccc2)[C@@H](OCc2ccccc2)O[C@@H]2COC(c3ccccc3)O[C@@H]12. The summed E-state index contributed by atoms with van der Waals surface area (Å²) < 4.78 is 24.4. The van der Waals surface area contributed by atoms with Crippen LogP contribution in [0.15, 0.2) is 96.0 Å². The Morgan fingerprint density at radius 2 is 1.55 bits per heavy atom. The lowest BCUT2D eigenvalue weighted by Crippen LogP contribution is -2.61. The zero-order valence-electron chi connectivity index (χ0n) is 18.1. The number of aliphatic imine (C=N–C) groups is 1. The summed E-state index contributed by atoms with van der Waals surface area (Å²) in [7, 11) is 0. The zero-order chi connectivity index (χ0) is 22.5. The van der Waals surface area contributed by atoms with E-state index < -0.39 is 36.9 Å². The molecule has 6 heteroatoms. The van der Waals surface area contributed by atoms with Crippen LogP contribution in [0.3, 0.4) is 0 Å². The van der Waals surface area contributed by atoms with Crippen molar-refractivity contribution in [1.29, 1.82) is 0 Å². The largest absolute Gasteiger partial charge is 0.388 e. The molecular weight excluding hydrogens is 418 g/mol. The highest BCUT2D eigenvalue weighted by molar-refractivity contribution is 5.79. The van der Waals surface area contributed by atoms with Crippen LogP contribution >= 0.6 is 0 Å². The van der Waals surface area contributed by atoms with Crippen LogP contribution in [0.25, 0.3) is 0 Å². The van der Waals surface area contributed by atoms with Crippen LogP contribution < -0.4 is 0 Å². The first kappa shape index (κ1) is 21.9. The fourth-order valence-corrected chi connectivity index (χ4v) is 4.12. The van der Waals surface area contributed by atoms with Crippen LogP contribution in [0.1, 0.15) is 23.0 Å². The molecule has 2 fully saturated rings. The number of aliphatic hydroxyl groups is 1. The Morgan fingerprint density at radius 1 is 0.879 bits per heavy atom. The van der Waals surface area contributed by atoms with Crippen LogP contribution in [0, 0.1) is 0 Å². The standard InChI is InChI=1S/C27H27NO5/c29-24-23(28-16-19-10-4-1-5-11-19)27(30-17-20-12-6-2-7-13-20)32-22-18-31-26(33-25(22)24)21-14-8-3-9-15-21/h1-16,22-27,29H,17-18H2/t22-,23-,24-,25-,26?,27+/m1/s1. The highest BCUT2D eigenvalue weighted by Gasteiger charge is 2.49. The van der Waals surface area contributed by atoms with E-state index >= 15 is 0 Å². The third-order valence-electron chi connectivity index (χ3n) is 5.86. The monoisotopic (exact) mass is 445 g/mol. The molecule has 0 saturated carbocycles. The molecule has 0 aliphatic carbocycles. The number of nitrogens with zero attached hydrogens (tertiary/aromatic N) is 1. The minimum Gasteiger partial charge on any atom is -0.388 e. The second-order valence-corrected chi connectivity index (χ2v) is 8.19. The van der Waals surface area contributed by atoms with E-state index in [1.165, 1.54) is 0 Å². The number of rotatable bonds is 6. The molecule has 6 nitrogen and oxygen atoms in total. The lowest BCUT2D eigenvalue weighted by atomic mass is 9.96. The summed E-state index contributed by atoms with van der Waals surface area (Å²) in [6, 6.07) is 28.7. The second kappa shape index (κ2) is 10.4. The van der Waals surface area contributed by atoms with Gasteiger partial charge < -0.3 is 24.1 Å². The van der Waals surface area contributed by atoms with E-state index in [0.717, 1.165) is 16.7 Å². The van der Waals surface area contributed by atoms with Gasteiger partial charge in [0.25, 0.3) is 0 Å². The first-order chi connectivity index (χ1) is 16.3. The lowest BCUT2D eigenvalue weighted by molar-refractivity contribution is -0.343. The van der Waals surface area contributed by atoms with Crippen molar-refractivity contribution < 1.29 is 24.1 Å². The molecule has 3 aromatic rings. The van der Waals surface area contributed by atoms with E-state index in [4.69, 9.17) is 18.9 Å². The average molecular weight is 446 g/mol. The Kier molecular flexibility index (Phi) is 6.90. The van der Waals surface area contributed by atoms with Gasteiger partial charge in [0.2, 0.25) is 0 Å². The van der Waals surface area contributed by atoms with Crippen molar-refractivity contribution in [3.8, 4) is 0 Å². The van der Waals surface area contributed by atoms with Crippen LogP contribution in [0.4, 0.5) is 0 Å². The Balaban J connectivity index is 1.35. The van der Waals surface area contributed by atoms with E-state index in [-0.39, 0.29) is 0 Å². The molecule has 1 unspecified atom stereocenters. The van der Waals surface area contributed by atoms with Gasteiger partial charge in [0, 0.05) is 11.8 Å². The Hall–Kier alpha value is -2.87. The highest BCUT2D eigenvalue weighted by atomic mass is 16.7. The number of aliphatic hydroxyl groups excluding tert-OH is 1. The van der Waals surface area contributed by atoms with Crippen molar-refractivity contribution in [3.63, 3.8) is 0 Å². The molecule has 170 valence electrons. The van der Waals surface area contributed by atoms with Gasteiger partial charge in [0.1, 0.15) is 24.4 Å². The van der Waals surface area contributed by atoms with E-state index in [9.17, 15) is 5.11 Å². The number of hydrogen-bond acceptors (Lipinski definition) is 6. The minimum absolute atomic E-state index is 0.293. The minimum atomic E-state index is -0.917. The molecule has 0 spiro atoms. The molecule has 2 aliphatic rings. The quantitative estimate of drug-likeness (QED) is 0.583. The molecule has 33 heavy (non-hydrogen) atoms. The maximum absolute atomic E-state index is 11.3. The van der Waals surface area contributed by atoms with Gasteiger partial charge in [-0.25, -0.2) is 0 Å². The molecule has 3 aromatic carbocycles. The van der Waals surface area contributed by atoms with E-state index in [1.54, 1.807) is 6.21 Å². The molecule has 0 radical (unpaired) electrons. The number of benzene rings is 3. The van der Waals surface area contributed by atoms with Gasteiger partial charge >= 0.3 is 0 Å². The number of ether oxygens (including phenoxy) is 4. The third-order valence-corrected chi connectivity index (χ3v) is 5.86. The average Bonchev–Trinajstić information content (AvgIpc) is 2.88. The van der Waals surface area contributed by atoms with Gasteiger partial charge in [-0.15, -0.1) is 0 Å². The maximum atomic E-state index is 11.3. The normalized spacial score (nSPS) is 29.6. The predicted octanol–water partition coefficient (Wildman–Crippen LogP) is 3.89. The van der Waals surface area contributed by atoms with Gasteiger partial charge in [-0.2, -0.15) is 0 Å². The summed E-state index contributed by atoms with van der Waals surface area (Å²) >= 11 is 0. The lowest BCUT2D eigenvalue weighted by Gasteiger charge is -2.46. The molecule has 0 bridgehead atoms. The van der Waals surface area contributed by atoms with Gasteiger partial charge in [-0.05, 0) is 11.1 Å². The van der Waals surface area contributed by atoms with Gasteiger partial charge in [-0.1, -0.05) is 91.0 Å². The van der Waals surface area contributed by atoms with E-state index in [2.05, 4.69) is 4.99 Å². The number of hydrogen-bond donors (Lipinski definition) is 1. The predicted molar refractivity (Wildman–Crippen MR) is 124 cm³/mol. The molecule has 0 amide bonds. The molecule has 2 heterocycles. The second-order valence-electron chi connectivity index (χ2n) is 8.19. The summed E-state index contributed by atoms with van der Waals surface area (Å²) in [4.78, 5) is 4.67. The highest BCUT2D eigenvalue weighted by Crippen LogP contribution is 2.35. The fraction of sp³-hybridized carbons (Fsp3) is 0.296. The summed E-state index contributed by atoms with van der Waals surface area (Å²) in [5.41, 5.74) is 2.85. The van der Waals surface area contributed by atoms with Crippen LogP contribution in [0.2, 0.25) is 0 Å². The molecule has 2 aliphatic heterocycles. The van der Waals surface area contributed by atoms with Gasteiger partial charge in [0.05, 0.1) is 13.2 Å². The van der Waals surface area contributed by atoms with Crippen molar-refractivity contribution in [2.24, 2.45) is 4.99 Å². The van der Waals surface area contributed by atoms with Crippen LogP contribution in [0.5, 0.6) is 0 Å². The Bertz CT molecular complexity index is 1030.